The first kappa shape index (κ1) is 17.6. The van der Waals surface area contributed by atoms with Crippen molar-refractivity contribution in [2.45, 2.75) is 44.7 Å². The van der Waals surface area contributed by atoms with Gasteiger partial charge in [-0.3, -0.25) is 9.59 Å². The predicted molar refractivity (Wildman–Crippen MR) is 101 cm³/mol. The van der Waals surface area contributed by atoms with Crippen molar-refractivity contribution in [2.75, 3.05) is 26.8 Å². The Kier molecular flexibility index (Phi) is 4.12. The van der Waals surface area contributed by atoms with E-state index < -0.39 is 0 Å². The van der Waals surface area contributed by atoms with E-state index in [1.807, 2.05) is 28.6 Å². The number of amides is 2. The normalized spacial score (nSPS) is 26.4. The average Bonchev–Trinajstić information content (AvgIpc) is 3.33. The topological polar surface area (TPSA) is 80.0 Å². The molecule has 8 nitrogen and oxygen atoms in total. The van der Waals surface area contributed by atoms with Crippen molar-refractivity contribution < 1.29 is 14.3 Å². The smallest absolute Gasteiger partial charge is 0.228 e. The van der Waals surface area contributed by atoms with E-state index in [0.29, 0.717) is 26.1 Å². The van der Waals surface area contributed by atoms with Crippen LogP contribution in [-0.4, -0.2) is 69.1 Å². The van der Waals surface area contributed by atoms with Gasteiger partial charge in [-0.1, -0.05) is 0 Å². The lowest BCUT2D eigenvalue weighted by molar-refractivity contribution is -0.139. The summed E-state index contributed by atoms with van der Waals surface area (Å²) in [5, 5.41) is 4.61. The van der Waals surface area contributed by atoms with E-state index in [1.54, 1.807) is 12.0 Å². The van der Waals surface area contributed by atoms with Gasteiger partial charge in [-0.25, -0.2) is 9.50 Å². The molecule has 0 saturated carbocycles. The van der Waals surface area contributed by atoms with Crippen LogP contribution in [0.15, 0.2) is 12.3 Å². The molecule has 148 valence electrons. The third-order valence-electron chi connectivity index (χ3n) is 6.41. The number of likely N-dealkylation sites (tertiary alicyclic amines) is 1. The van der Waals surface area contributed by atoms with Crippen LogP contribution in [0.25, 0.3) is 5.65 Å². The van der Waals surface area contributed by atoms with Gasteiger partial charge in [0.1, 0.15) is 0 Å². The standard InChI is InChI=1S/C20H25N5O3/c1-12-7-18-21-10-15-16-4-3-14(9-17(15)25(18)22-12)24(16)20(27)13-8-19(26)23(11-13)5-6-28-2/h7,10,13-14,16H,3-6,8-9,11H2,1-2H3/t13-,14-,16+/m1/s1. The van der Waals surface area contributed by atoms with Crippen molar-refractivity contribution >= 4 is 17.5 Å². The van der Waals surface area contributed by atoms with Crippen LogP contribution < -0.4 is 0 Å². The number of carbonyl (C=O) groups is 2. The van der Waals surface area contributed by atoms with Crippen molar-refractivity contribution in [1.29, 1.82) is 0 Å². The van der Waals surface area contributed by atoms with Crippen LogP contribution in [-0.2, 0) is 20.7 Å². The molecule has 2 bridgehead atoms. The van der Waals surface area contributed by atoms with Crippen LogP contribution in [0.2, 0.25) is 0 Å². The summed E-state index contributed by atoms with van der Waals surface area (Å²) < 4.78 is 7.03. The number of ether oxygens (including phenoxy) is 1. The van der Waals surface area contributed by atoms with Crippen LogP contribution in [0.3, 0.4) is 0 Å². The second-order valence-electron chi connectivity index (χ2n) is 8.15. The number of methoxy groups -OCH3 is 1. The highest BCUT2D eigenvalue weighted by atomic mass is 16.5. The quantitative estimate of drug-likeness (QED) is 0.791. The monoisotopic (exact) mass is 383 g/mol. The molecule has 28 heavy (non-hydrogen) atoms. The highest BCUT2D eigenvalue weighted by molar-refractivity contribution is 5.90. The summed E-state index contributed by atoms with van der Waals surface area (Å²) in [5.74, 6) is -0.0867. The SMILES string of the molecule is COCCN1C[C@H](C(=O)N2[C@@H]3CC[C@H]2c2cnc4cc(C)nn4c2C3)CC1=O. The fraction of sp³-hybridized carbons (Fsp3) is 0.600. The number of hydrogen-bond donors (Lipinski definition) is 0. The molecule has 2 amide bonds. The molecule has 0 spiro atoms. The van der Waals surface area contributed by atoms with Gasteiger partial charge in [0.15, 0.2) is 5.65 Å². The number of nitrogens with zero attached hydrogens (tertiary/aromatic N) is 5. The summed E-state index contributed by atoms with van der Waals surface area (Å²) in [5.41, 5.74) is 4.11. The van der Waals surface area contributed by atoms with E-state index in [9.17, 15) is 9.59 Å². The van der Waals surface area contributed by atoms with Crippen molar-refractivity contribution in [2.24, 2.45) is 5.92 Å². The zero-order chi connectivity index (χ0) is 19.4. The minimum absolute atomic E-state index is 0.0470. The fourth-order valence-electron chi connectivity index (χ4n) is 5.10. The van der Waals surface area contributed by atoms with Crippen LogP contribution in [0.1, 0.15) is 42.3 Å². The van der Waals surface area contributed by atoms with Crippen molar-refractivity contribution in [1.82, 2.24) is 24.4 Å². The van der Waals surface area contributed by atoms with Crippen molar-refractivity contribution in [3.63, 3.8) is 0 Å². The molecule has 3 aliphatic rings. The number of carbonyl (C=O) groups excluding carboxylic acids is 2. The Morgan fingerprint density at radius 2 is 2.18 bits per heavy atom. The van der Waals surface area contributed by atoms with Gasteiger partial charge in [-0.2, -0.15) is 5.10 Å². The molecule has 3 aliphatic heterocycles. The molecular formula is C20H25N5O3. The van der Waals surface area contributed by atoms with E-state index in [4.69, 9.17) is 4.74 Å². The number of rotatable bonds is 4. The van der Waals surface area contributed by atoms with Crippen molar-refractivity contribution in [3.8, 4) is 0 Å². The number of hydrogen-bond acceptors (Lipinski definition) is 5. The lowest BCUT2D eigenvalue weighted by atomic mass is 9.96. The Bertz CT molecular complexity index is 955. The molecular weight excluding hydrogens is 358 g/mol. The summed E-state index contributed by atoms with van der Waals surface area (Å²) in [4.78, 5) is 34.0. The van der Waals surface area contributed by atoms with E-state index in [2.05, 4.69) is 10.1 Å². The molecule has 0 N–H and O–H groups in total. The van der Waals surface area contributed by atoms with E-state index in [-0.39, 0.29) is 29.8 Å². The largest absolute Gasteiger partial charge is 0.383 e. The van der Waals surface area contributed by atoms with E-state index >= 15 is 0 Å². The van der Waals surface area contributed by atoms with Crippen molar-refractivity contribution in [3.05, 3.63) is 29.2 Å². The third-order valence-corrected chi connectivity index (χ3v) is 6.41. The van der Waals surface area contributed by atoms with Gasteiger partial charge >= 0.3 is 0 Å². The number of fused-ring (bicyclic) bond motifs is 6. The Balaban J connectivity index is 1.41. The van der Waals surface area contributed by atoms with Gasteiger partial charge in [-0.15, -0.1) is 0 Å². The second kappa shape index (κ2) is 6.55. The van der Waals surface area contributed by atoms with Crippen LogP contribution in [0.4, 0.5) is 0 Å². The lowest BCUT2D eigenvalue weighted by Crippen LogP contribution is -2.46. The Morgan fingerprint density at radius 1 is 1.32 bits per heavy atom. The first-order valence-electron chi connectivity index (χ1n) is 10.00. The molecule has 0 radical (unpaired) electrons. The maximum atomic E-state index is 13.4. The molecule has 2 aromatic rings. The predicted octanol–water partition coefficient (Wildman–Crippen LogP) is 1.12. The van der Waals surface area contributed by atoms with Crippen LogP contribution in [0, 0.1) is 12.8 Å². The molecule has 2 saturated heterocycles. The molecule has 0 aromatic carbocycles. The van der Waals surface area contributed by atoms with Gasteiger partial charge in [-0.05, 0) is 19.8 Å². The Labute approximate surface area is 163 Å². The minimum atomic E-state index is -0.252. The summed E-state index contributed by atoms with van der Waals surface area (Å²) in [6, 6.07) is 2.22. The first-order chi connectivity index (χ1) is 13.6. The maximum absolute atomic E-state index is 13.4. The zero-order valence-electron chi connectivity index (χ0n) is 16.3. The Morgan fingerprint density at radius 3 is 3.00 bits per heavy atom. The van der Waals surface area contributed by atoms with Gasteiger partial charge < -0.3 is 14.5 Å². The molecule has 3 atom stereocenters. The number of aryl methyl sites for hydroxylation is 1. The van der Waals surface area contributed by atoms with Gasteiger partial charge in [0.05, 0.1) is 30.0 Å². The lowest BCUT2D eigenvalue weighted by Gasteiger charge is -2.37. The minimum Gasteiger partial charge on any atom is -0.383 e. The Hall–Kier alpha value is -2.48. The van der Waals surface area contributed by atoms with Gasteiger partial charge in [0, 0.05) is 56.9 Å². The third kappa shape index (κ3) is 2.62. The second-order valence-corrected chi connectivity index (χ2v) is 8.15. The van der Waals surface area contributed by atoms with Crippen LogP contribution >= 0.6 is 0 Å². The molecule has 5 rings (SSSR count). The number of aromatic nitrogens is 3. The van der Waals surface area contributed by atoms with E-state index in [0.717, 1.165) is 36.2 Å². The van der Waals surface area contributed by atoms with Crippen LogP contribution in [0.5, 0.6) is 0 Å². The molecule has 5 heterocycles. The van der Waals surface area contributed by atoms with Gasteiger partial charge in [0.2, 0.25) is 11.8 Å². The maximum Gasteiger partial charge on any atom is 0.228 e. The highest BCUT2D eigenvalue weighted by Gasteiger charge is 2.47. The van der Waals surface area contributed by atoms with E-state index in [1.165, 1.54) is 5.69 Å². The zero-order valence-corrected chi connectivity index (χ0v) is 16.3. The summed E-state index contributed by atoms with van der Waals surface area (Å²) in [6.45, 7) is 3.52. The summed E-state index contributed by atoms with van der Waals surface area (Å²) >= 11 is 0. The molecule has 8 heteroatoms. The summed E-state index contributed by atoms with van der Waals surface area (Å²) in [6.07, 6.45) is 4.96. The summed E-state index contributed by atoms with van der Waals surface area (Å²) in [7, 11) is 1.62. The molecule has 0 aliphatic carbocycles. The molecule has 0 unspecified atom stereocenters. The first-order valence-corrected chi connectivity index (χ1v) is 10.00. The van der Waals surface area contributed by atoms with Gasteiger partial charge in [0.25, 0.3) is 0 Å². The average molecular weight is 383 g/mol. The fourth-order valence-corrected chi connectivity index (χ4v) is 5.10. The highest BCUT2D eigenvalue weighted by Crippen LogP contribution is 2.44. The molecule has 2 fully saturated rings. The molecule has 2 aromatic heterocycles.